The summed E-state index contributed by atoms with van der Waals surface area (Å²) in [7, 11) is 0. The van der Waals surface area contributed by atoms with E-state index in [1.807, 2.05) is 30.3 Å². The zero-order valence-corrected chi connectivity index (χ0v) is 9.64. The molecule has 0 aromatic heterocycles. The fourth-order valence-electron chi connectivity index (χ4n) is 1.60. The molecular formula is C14H13F2NO. The maximum Gasteiger partial charge on any atom is 0.267 e. The van der Waals surface area contributed by atoms with E-state index in [2.05, 4.69) is 0 Å². The highest BCUT2D eigenvalue weighted by molar-refractivity contribution is 5.48. The molecule has 0 spiro atoms. The number of halogens is 2. The maximum absolute atomic E-state index is 12.8. The van der Waals surface area contributed by atoms with Gasteiger partial charge in [0.15, 0.2) is 0 Å². The second-order valence-electron chi connectivity index (χ2n) is 3.87. The Bertz CT molecular complexity index is 514. The second-order valence-corrected chi connectivity index (χ2v) is 3.87. The Morgan fingerprint density at radius 2 is 1.78 bits per heavy atom. The minimum absolute atomic E-state index is 0.169. The summed E-state index contributed by atoms with van der Waals surface area (Å²) < 4.78 is 31.0. The van der Waals surface area contributed by atoms with Gasteiger partial charge in [-0.1, -0.05) is 30.3 Å². The largest absolute Gasteiger partial charge is 0.488 e. The van der Waals surface area contributed by atoms with E-state index in [4.69, 9.17) is 10.5 Å². The first-order chi connectivity index (χ1) is 8.66. The van der Waals surface area contributed by atoms with Crippen LogP contribution in [0.3, 0.4) is 0 Å². The molecule has 0 saturated heterocycles. The van der Waals surface area contributed by atoms with Gasteiger partial charge in [-0.3, -0.25) is 0 Å². The molecule has 2 aromatic rings. The number of hydrogen-bond acceptors (Lipinski definition) is 2. The first-order valence-corrected chi connectivity index (χ1v) is 5.51. The van der Waals surface area contributed by atoms with E-state index in [0.717, 1.165) is 5.56 Å². The van der Waals surface area contributed by atoms with Crippen LogP contribution in [-0.2, 0) is 6.61 Å². The summed E-state index contributed by atoms with van der Waals surface area (Å²) in [4.78, 5) is 0. The van der Waals surface area contributed by atoms with Gasteiger partial charge in [-0.25, -0.2) is 8.78 Å². The Labute approximate surface area is 104 Å². The highest BCUT2D eigenvalue weighted by Crippen LogP contribution is 2.31. The Morgan fingerprint density at radius 1 is 1.06 bits per heavy atom. The summed E-state index contributed by atoms with van der Waals surface area (Å²) in [5, 5.41) is 0. The van der Waals surface area contributed by atoms with Crippen LogP contribution >= 0.6 is 0 Å². The molecule has 2 rings (SSSR count). The van der Waals surface area contributed by atoms with E-state index in [1.54, 1.807) is 6.07 Å². The summed E-state index contributed by atoms with van der Waals surface area (Å²) in [6.07, 6.45) is -2.60. The lowest BCUT2D eigenvalue weighted by Gasteiger charge is -2.11. The predicted molar refractivity (Wildman–Crippen MR) is 66.6 cm³/mol. The second kappa shape index (κ2) is 5.49. The normalized spacial score (nSPS) is 10.6. The molecule has 0 aliphatic heterocycles. The number of anilines is 1. The van der Waals surface area contributed by atoms with Crippen molar-refractivity contribution in [2.24, 2.45) is 0 Å². The van der Waals surface area contributed by atoms with Crippen LogP contribution in [0, 0.1) is 0 Å². The van der Waals surface area contributed by atoms with E-state index in [9.17, 15) is 8.78 Å². The smallest absolute Gasteiger partial charge is 0.267 e. The molecule has 18 heavy (non-hydrogen) atoms. The lowest BCUT2D eigenvalue weighted by Crippen LogP contribution is -2.00. The first-order valence-electron chi connectivity index (χ1n) is 5.51. The molecule has 0 saturated carbocycles. The quantitative estimate of drug-likeness (QED) is 0.837. The molecule has 0 heterocycles. The van der Waals surface area contributed by atoms with Crippen molar-refractivity contribution in [2.75, 3.05) is 5.73 Å². The van der Waals surface area contributed by atoms with Gasteiger partial charge >= 0.3 is 0 Å². The van der Waals surface area contributed by atoms with Crippen LogP contribution in [0.1, 0.15) is 17.6 Å². The van der Waals surface area contributed by atoms with E-state index >= 15 is 0 Å². The average molecular weight is 249 g/mol. The molecule has 0 aliphatic rings. The third-order valence-corrected chi connectivity index (χ3v) is 2.51. The summed E-state index contributed by atoms with van der Waals surface area (Å²) in [5.74, 6) is 0.169. The highest BCUT2D eigenvalue weighted by Gasteiger charge is 2.14. The molecule has 0 fully saturated rings. The molecule has 2 aromatic carbocycles. The van der Waals surface area contributed by atoms with Crippen LogP contribution < -0.4 is 10.5 Å². The van der Waals surface area contributed by atoms with Crippen molar-refractivity contribution < 1.29 is 13.5 Å². The molecule has 2 nitrogen and oxygen atoms in total. The fourth-order valence-corrected chi connectivity index (χ4v) is 1.60. The topological polar surface area (TPSA) is 35.2 Å². The van der Waals surface area contributed by atoms with Crippen molar-refractivity contribution in [1.82, 2.24) is 0 Å². The van der Waals surface area contributed by atoms with Crippen LogP contribution in [0.5, 0.6) is 5.75 Å². The number of alkyl halides is 2. The van der Waals surface area contributed by atoms with Crippen molar-refractivity contribution in [1.29, 1.82) is 0 Å². The zero-order valence-electron chi connectivity index (χ0n) is 9.64. The van der Waals surface area contributed by atoms with Gasteiger partial charge in [0.25, 0.3) is 6.43 Å². The van der Waals surface area contributed by atoms with Gasteiger partial charge < -0.3 is 10.5 Å². The van der Waals surface area contributed by atoms with Crippen LogP contribution in [0.4, 0.5) is 14.5 Å². The average Bonchev–Trinajstić information content (AvgIpc) is 2.38. The zero-order chi connectivity index (χ0) is 13.0. The highest BCUT2D eigenvalue weighted by atomic mass is 19.3. The third-order valence-electron chi connectivity index (χ3n) is 2.51. The molecule has 0 bridgehead atoms. The third kappa shape index (κ3) is 2.97. The van der Waals surface area contributed by atoms with Gasteiger partial charge in [0.2, 0.25) is 0 Å². The van der Waals surface area contributed by atoms with Crippen molar-refractivity contribution in [2.45, 2.75) is 13.0 Å². The van der Waals surface area contributed by atoms with Gasteiger partial charge in [-0.05, 0) is 23.8 Å². The van der Waals surface area contributed by atoms with E-state index < -0.39 is 6.43 Å². The summed E-state index contributed by atoms with van der Waals surface area (Å²) in [5.41, 5.74) is 6.54. The number of benzene rings is 2. The van der Waals surface area contributed by atoms with Crippen molar-refractivity contribution in [3.05, 3.63) is 59.7 Å². The molecule has 0 aliphatic carbocycles. The van der Waals surface area contributed by atoms with E-state index in [1.165, 1.54) is 12.1 Å². The fraction of sp³-hybridized carbons (Fsp3) is 0.143. The maximum atomic E-state index is 12.8. The predicted octanol–water partition coefficient (Wildman–Crippen LogP) is 3.79. The standard InChI is InChI=1S/C14H13F2NO/c15-14(16)12-8-11(17)6-7-13(12)18-9-10-4-2-1-3-5-10/h1-8,14H,9,17H2. The summed E-state index contributed by atoms with van der Waals surface area (Å²) in [6, 6.07) is 13.6. The van der Waals surface area contributed by atoms with Gasteiger partial charge in [-0.2, -0.15) is 0 Å². The van der Waals surface area contributed by atoms with Gasteiger partial charge in [-0.15, -0.1) is 0 Å². The molecular weight excluding hydrogens is 236 g/mol. The summed E-state index contributed by atoms with van der Waals surface area (Å²) >= 11 is 0. The van der Waals surface area contributed by atoms with E-state index in [-0.39, 0.29) is 17.9 Å². The monoisotopic (exact) mass is 249 g/mol. The molecule has 2 N–H and O–H groups in total. The Balaban J connectivity index is 2.14. The van der Waals surface area contributed by atoms with Crippen LogP contribution in [0.2, 0.25) is 0 Å². The van der Waals surface area contributed by atoms with Crippen LogP contribution in [0.25, 0.3) is 0 Å². The lowest BCUT2D eigenvalue weighted by atomic mass is 10.2. The molecule has 0 radical (unpaired) electrons. The van der Waals surface area contributed by atoms with E-state index in [0.29, 0.717) is 5.69 Å². The number of hydrogen-bond donors (Lipinski definition) is 1. The number of rotatable bonds is 4. The van der Waals surface area contributed by atoms with Gasteiger partial charge in [0.05, 0.1) is 5.56 Å². The summed E-state index contributed by atoms with van der Waals surface area (Å²) in [6.45, 7) is 0.254. The number of ether oxygens (including phenoxy) is 1. The number of nitrogens with two attached hydrogens (primary N) is 1. The lowest BCUT2D eigenvalue weighted by molar-refractivity contribution is 0.144. The van der Waals surface area contributed by atoms with Crippen molar-refractivity contribution in [3.63, 3.8) is 0 Å². The van der Waals surface area contributed by atoms with Crippen molar-refractivity contribution >= 4 is 5.69 Å². The SMILES string of the molecule is Nc1ccc(OCc2ccccc2)c(C(F)F)c1. The molecule has 4 heteroatoms. The molecule has 94 valence electrons. The molecule has 0 unspecified atom stereocenters. The van der Waals surface area contributed by atoms with Crippen LogP contribution in [0.15, 0.2) is 48.5 Å². The van der Waals surface area contributed by atoms with Crippen LogP contribution in [-0.4, -0.2) is 0 Å². The minimum atomic E-state index is -2.60. The van der Waals surface area contributed by atoms with Gasteiger partial charge in [0, 0.05) is 5.69 Å². The molecule has 0 atom stereocenters. The number of nitrogen functional groups attached to an aromatic ring is 1. The Morgan fingerprint density at radius 3 is 2.44 bits per heavy atom. The minimum Gasteiger partial charge on any atom is -0.488 e. The first kappa shape index (κ1) is 12.4. The van der Waals surface area contributed by atoms with Crippen molar-refractivity contribution in [3.8, 4) is 5.75 Å². The Kier molecular flexibility index (Phi) is 3.77. The van der Waals surface area contributed by atoms with Gasteiger partial charge in [0.1, 0.15) is 12.4 Å². The molecule has 0 amide bonds. The Hall–Kier alpha value is -2.10.